The van der Waals surface area contributed by atoms with Crippen LogP contribution in [0.15, 0.2) is 36.4 Å². The van der Waals surface area contributed by atoms with E-state index in [2.05, 4.69) is 9.97 Å². The molecule has 132 valence electrons. The fourth-order valence-electron chi connectivity index (χ4n) is 2.63. The number of carbonyl (C=O) groups is 1. The molecule has 0 atom stereocenters. The summed E-state index contributed by atoms with van der Waals surface area (Å²) in [5.74, 6) is 0.881. The van der Waals surface area contributed by atoms with E-state index in [9.17, 15) is 4.79 Å². The molecule has 8 heteroatoms. The molecular formula is C17H21N5O3. The van der Waals surface area contributed by atoms with Gasteiger partial charge in [-0.15, -0.1) is 0 Å². The van der Waals surface area contributed by atoms with Crippen molar-refractivity contribution in [3.05, 3.63) is 47.7 Å². The summed E-state index contributed by atoms with van der Waals surface area (Å²) in [6.45, 7) is 2.00. The third-order valence-electron chi connectivity index (χ3n) is 4.18. The van der Waals surface area contributed by atoms with Gasteiger partial charge >= 0.3 is 6.09 Å². The average molecular weight is 343 g/mol. The summed E-state index contributed by atoms with van der Waals surface area (Å²) < 4.78 is 5.69. The molecule has 1 aromatic carbocycles. The summed E-state index contributed by atoms with van der Waals surface area (Å²) in [4.78, 5) is 22.7. The summed E-state index contributed by atoms with van der Waals surface area (Å²) in [6.07, 6.45) is -0.929. The molecule has 0 bridgehead atoms. The van der Waals surface area contributed by atoms with Gasteiger partial charge in [-0.2, -0.15) is 4.98 Å². The van der Waals surface area contributed by atoms with Crippen molar-refractivity contribution in [3.63, 3.8) is 0 Å². The van der Waals surface area contributed by atoms with Crippen LogP contribution in [-0.4, -0.2) is 52.2 Å². The first-order valence-electron chi connectivity index (χ1n) is 7.98. The van der Waals surface area contributed by atoms with Gasteiger partial charge in [-0.1, -0.05) is 30.3 Å². The Labute approximate surface area is 145 Å². The lowest BCUT2D eigenvalue weighted by molar-refractivity contribution is 0.104. The highest BCUT2D eigenvalue weighted by Crippen LogP contribution is 2.23. The lowest BCUT2D eigenvalue weighted by Gasteiger charge is -2.43. The van der Waals surface area contributed by atoms with E-state index in [0.29, 0.717) is 37.8 Å². The summed E-state index contributed by atoms with van der Waals surface area (Å²) in [7, 11) is 1.57. The molecule has 0 aliphatic carbocycles. The first-order chi connectivity index (χ1) is 12.0. The smallest absolute Gasteiger partial charge is 0.407 e. The lowest BCUT2D eigenvalue weighted by Crippen LogP contribution is -2.60. The number of ether oxygens (including phenoxy) is 1. The third kappa shape index (κ3) is 4.16. The minimum atomic E-state index is -0.929. The quantitative estimate of drug-likeness (QED) is 0.820. The highest BCUT2D eigenvalue weighted by atomic mass is 16.5. The molecule has 1 saturated heterocycles. The Kier molecular flexibility index (Phi) is 4.99. The highest BCUT2D eigenvalue weighted by Gasteiger charge is 2.33. The Balaban J connectivity index is 1.57. The maximum absolute atomic E-state index is 11.0. The molecule has 2 aromatic rings. The van der Waals surface area contributed by atoms with Crippen molar-refractivity contribution < 1.29 is 14.6 Å². The number of nitrogens with zero attached hydrogens (tertiary/aromatic N) is 4. The Bertz CT molecular complexity index is 734. The molecule has 0 spiro atoms. The summed E-state index contributed by atoms with van der Waals surface area (Å²) in [6, 6.07) is 11.7. The largest absolute Gasteiger partial charge is 0.465 e. The Hall–Kier alpha value is -2.87. The van der Waals surface area contributed by atoms with Crippen molar-refractivity contribution in [1.82, 2.24) is 14.9 Å². The van der Waals surface area contributed by atoms with Crippen LogP contribution >= 0.6 is 0 Å². The Morgan fingerprint density at radius 1 is 1.32 bits per heavy atom. The summed E-state index contributed by atoms with van der Waals surface area (Å²) >= 11 is 0. The van der Waals surface area contributed by atoms with Crippen molar-refractivity contribution in [2.75, 3.05) is 30.8 Å². The van der Waals surface area contributed by atoms with E-state index in [4.69, 9.17) is 15.6 Å². The number of aromatic nitrogens is 2. The number of rotatable bonds is 6. The van der Waals surface area contributed by atoms with E-state index in [0.717, 1.165) is 5.56 Å². The van der Waals surface area contributed by atoms with Crippen LogP contribution in [0.3, 0.4) is 0 Å². The molecule has 0 unspecified atom stereocenters. The zero-order chi connectivity index (χ0) is 17.8. The van der Waals surface area contributed by atoms with Gasteiger partial charge in [0.05, 0.1) is 24.9 Å². The normalized spacial score (nSPS) is 14.2. The van der Waals surface area contributed by atoms with E-state index in [1.807, 2.05) is 41.3 Å². The molecule has 1 aliphatic heterocycles. The molecule has 0 saturated carbocycles. The first-order valence-corrected chi connectivity index (χ1v) is 7.98. The van der Waals surface area contributed by atoms with Gasteiger partial charge in [0.1, 0.15) is 5.82 Å². The molecule has 1 amide bonds. The number of likely N-dealkylation sites (N-methyl/N-ethyl adjacent to an activating group) is 1. The monoisotopic (exact) mass is 343 g/mol. The Morgan fingerprint density at radius 2 is 2.04 bits per heavy atom. The van der Waals surface area contributed by atoms with Gasteiger partial charge < -0.3 is 25.4 Å². The van der Waals surface area contributed by atoms with Crippen LogP contribution in [0.25, 0.3) is 0 Å². The van der Waals surface area contributed by atoms with Crippen LogP contribution < -0.4 is 10.6 Å². The number of nitrogens with two attached hydrogens (primary N) is 1. The average Bonchev–Trinajstić information content (AvgIpc) is 2.54. The SMILES string of the molecule is CN(C(=O)O)C1CN(c2cc(COCc3ccccc3)nc(N)n2)C1. The van der Waals surface area contributed by atoms with Crippen LogP contribution in [0, 0.1) is 0 Å². The number of carboxylic acid groups (broad SMARTS) is 1. The number of anilines is 2. The van der Waals surface area contributed by atoms with Crippen molar-refractivity contribution in [2.24, 2.45) is 0 Å². The Morgan fingerprint density at radius 3 is 2.72 bits per heavy atom. The van der Waals surface area contributed by atoms with Crippen molar-refractivity contribution in [3.8, 4) is 0 Å². The topological polar surface area (TPSA) is 105 Å². The van der Waals surface area contributed by atoms with Gasteiger partial charge in [-0.05, 0) is 5.56 Å². The fraction of sp³-hybridized carbons (Fsp3) is 0.353. The van der Waals surface area contributed by atoms with Gasteiger partial charge in [0.2, 0.25) is 5.95 Å². The van der Waals surface area contributed by atoms with E-state index in [-0.39, 0.29) is 12.0 Å². The predicted octanol–water partition coefficient (Wildman–Crippen LogP) is 1.57. The maximum Gasteiger partial charge on any atom is 0.407 e. The van der Waals surface area contributed by atoms with Gasteiger partial charge in [-0.3, -0.25) is 0 Å². The molecule has 2 heterocycles. The molecule has 1 fully saturated rings. The second-order valence-electron chi connectivity index (χ2n) is 6.01. The molecule has 3 N–H and O–H groups in total. The molecular weight excluding hydrogens is 322 g/mol. The highest BCUT2D eigenvalue weighted by molar-refractivity contribution is 5.66. The van der Waals surface area contributed by atoms with Crippen molar-refractivity contribution in [2.45, 2.75) is 19.3 Å². The predicted molar refractivity (Wildman–Crippen MR) is 93.2 cm³/mol. The molecule has 1 aliphatic rings. The van der Waals surface area contributed by atoms with Crippen LogP contribution in [0.2, 0.25) is 0 Å². The second-order valence-corrected chi connectivity index (χ2v) is 6.01. The van der Waals surface area contributed by atoms with E-state index in [1.54, 1.807) is 7.05 Å². The molecule has 3 rings (SSSR count). The van der Waals surface area contributed by atoms with Crippen LogP contribution in [-0.2, 0) is 18.0 Å². The van der Waals surface area contributed by atoms with Gasteiger partial charge in [0, 0.05) is 26.2 Å². The van der Waals surface area contributed by atoms with Crippen LogP contribution in [0.4, 0.5) is 16.6 Å². The first kappa shape index (κ1) is 17.0. The third-order valence-corrected chi connectivity index (χ3v) is 4.18. The number of benzene rings is 1. The number of amides is 1. The second kappa shape index (κ2) is 7.35. The van der Waals surface area contributed by atoms with Gasteiger partial charge in [0.25, 0.3) is 0 Å². The maximum atomic E-state index is 11.0. The number of hydrogen-bond acceptors (Lipinski definition) is 6. The minimum Gasteiger partial charge on any atom is -0.465 e. The zero-order valence-electron chi connectivity index (χ0n) is 14.0. The molecule has 25 heavy (non-hydrogen) atoms. The van der Waals surface area contributed by atoms with E-state index >= 15 is 0 Å². The van der Waals surface area contributed by atoms with Crippen LogP contribution in [0.5, 0.6) is 0 Å². The number of nitrogen functional groups attached to an aromatic ring is 1. The van der Waals surface area contributed by atoms with Crippen molar-refractivity contribution >= 4 is 17.9 Å². The van der Waals surface area contributed by atoms with E-state index in [1.165, 1.54) is 4.90 Å². The molecule has 1 aromatic heterocycles. The lowest BCUT2D eigenvalue weighted by atomic mass is 10.1. The molecule has 0 radical (unpaired) electrons. The number of hydrogen-bond donors (Lipinski definition) is 2. The van der Waals surface area contributed by atoms with Crippen LogP contribution in [0.1, 0.15) is 11.3 Å². The van der Waals surface area contributed by atoms with Gasteiger partial charge in [-0.25, -0.2) is 9.78 Å². The minimum absolute atomic E-state index is 0.0357. The standard InChI is InChI=1S/C17H21N5O3/c1-21(17(23)24)14-8-22(9-14)15-7-13(19-16(18)20-15)11-25-10-12-5-3-2-4-6-12/h2-7,14H,8-11H2,1H3,(H,23,24)(H2,18,19,20). The molecule has 8 nitrogen and oxygen atoms in total. The van der Waals surface area contributed by atoms with Gasteiger partial charge in [0.15, 0.2) is 0 Å². The summed E-state index contributed by atoms with van der Waals surface area (Å²) in [5, 5.41) is 9.00. The van der Waals surface area contributed by atoms with E-state index < -0.39 is 6.09 Å². The zero-order valence-corrected chi connectivity index (χ0v) is 14.0. The fourth-order valence-corrected chi connectivity index (χ4v) is 2.63. The van der Waals surface area contributed by atoms with Crippen molar-refractivity contribution in [1.29, 1.82) is 0 Å². The summed E-state index contributed by atoms with van der Waals surface area (Å²) in [5.41, 5.74) is 7.58.